The van der Waals surface area contributed by atoms with E-state index in [9.17, 15) is 18.8 Å². The Morgan fingerprint density at radius 1 is 0.750 bits per heavy atom. The molecule has 3 nitrogen and oxygen atoms in total. The van der Waals surface area contributed by atoms with Crippen molar-refractivity contribution in [1.82, 2.24) is 0 Å². The van der Waals surface area contributed by atoms with Gasteiger partial charge in [-0.3, -0.25) is 14.4 Å². The number of benzene rings is 2. The molecule has 1 atom stereocenters. The minimum absolute atomic E-state index is 0.0506. The Morgan fingerprint density at radius 2 is 1.35 bits per heavy atom. The molecule has 0 N–H and O–H groups in total. The highest BCUT2D eigenvalue weighted by Crippen LogP contribution is 2.31. The van der Waals surface area contributed by atoms with Crippen LogP contribution in [0.25, 0.3) is 0 Å². The van der Waals surface area contributed by atoms with Gasteiger partial charge in [-0.15, -0.1) is 0 Å². The van der Waals surface area contributed by atoms with E-state index >= 15 is 0 Å². The van der Waals surface area contributed by atoms with Gasteiger partial charge in [-0.05, 0) is 6.07 Å². The molecule has 1 aliphatic rings. The van der Waals surface area contributed by atoms with E-state index in [1.165, 1.54) is 36.4 Å². The molecule has 0 aromatic heterocycles. The lowest BCUT2D eigenvalue weighted by molar-refractivity contribution is -0.115. The molecule has 0 saturated heterocycles. The standard InChI is InChI=1S/C16H9FO3/c17-12-8-4-3-7-11(12)13-14(18)9-5-1-2-6-10(9)15(19)16(13)20/h1-8,13H. The van der Waals surface area contributed by atoms with Crippen LogP contribution in [0.1, 0.15) is 32.2 Å². The lowest BCUT2D eigenvalue weighted by Crippen LogP contribution is -2.35. The maximum absolute atomic E-state index is 13.8. The third kappa shape index (κ3) is 1.69. The molecule has 0 amide bonds. The van der Waals surface area contributed by atoms with E-state index in [0.717, 1.165) is 0 Å². The Balaban J connectivity index is 2.20. The predicted molar refractivity (Wildman–Crippen MR) is 69.3 cm³/mol. The van der Waals surface area contributed by atoms with Crippen LogP contribution in [0.3, 0.4) is 0 Å². The van der Waals surface area contributed by atoms with Crippen LogP contribution < -0.4 is 0 Å². The first kappa shape index (κ1) is 12.4. The number of Topliss-reactive ketones (excluding diaryl/α,β-unsaturated/α-hetero) is 3. The van der Waals surface area contributed by atoms with Gasteiger partial charge >= 0.3 is 0 Å². The van der Waals surface area contributed by atoms with Gasteiger partial charge in [0, 0.05) is 16.7 Å². The maximum atomic E-state index is 13.8. The van der Waals surface area contributed by atoms with Gasteiger partial charge in [-0.1, -0.05) is 42.5 Å². The van der Waals surface area contributed by atoms with Crippen molar-refractivity contribution in [2.45, 2.75) is 5.92 Å². The zero-order valence-corrected chi connectivity index (χ0v) is 10.3. The van der Waals surface area contributed by atoms with Crippen LogP contribution in [0.5, 0.6) is 0 Å². The number of carbonyl (C=O) groups excluding carboxylic acids is 3. The molecule has 0 aliphatic heterocycles. The average Bonchev–Trinajstić information content (AvgIpc) is 2.47. The van der Waals surface area contributed by atoms with E-state index in [1.54, 1.807) is 12.1 Å². The van der Waals surface area contributed by atoms with Crippen molar-refractivity contribution in [2.24, 2.45) is 0 Å². The van der Waals surface area contributed by atoms with Gasteiger partial charge in [-0.25, -0.2) is 4.39 Å². The number of halogens is 1. The summed E-state index contributed by atoms with van der Waals surface area (Å²) in [6, 6.07) is 11.6. The number of rotatable bonds is 1. The highest BCUT2D eigenvalue weighted by Gasteiger charge is 2.41. The second-order valence-electron chi connectivity index (χ2n) is 4.56. The summed E-state index contributed by atoms with van der Waals surface area (Å²) in [7, 11) is 0. The van der Waals surface area contributed by atoms with Crippen molar-refractivity contribution in [2.75, 3.05) is 0 Å². The SMILES string of the molecule is O=C1C(=O)C(c2ccccc2F)C(=O)c2ccccc21. The number of hydrogen-bond acceptors (Lipinski definition) is 3. The van der Waals surface area contributed by atoms with E-state index in [4.69, 9.17) is 0 Å². The van der Waals surface area contributed by atoms with E-state index in [2.05, 4.69) is 0 Å². The zero-order chi connectivity index (χ0) is 14.3. The second-order valence-corrected chi connectivity index (χ2v) is 4.56. The lowest BCUT2D eigenvalue weighted by Gasteiger charge is -2.21. The van der Waals surface area contributed by atoms with E-state index in [-0.39, 0.29) is 16.7 Å². The summed E-state index contributed by atoms with van der Waals surface area (Å²) in [5, 5.41) is 0. The molecule has 98 valence electrons. The Morgan fingerprint density at radius 3 is 2.05 bits per heavy atom. The summed E-state index contributed by atoms with van der Waals surface area (Å²) in [6.45, 7) is 0. The first-order chi connectivity index (χ1) is 9.61. The van der Waals surface area contributed by atoms with Crippen LogP contribution >= 0.6 is 0 Å². The fraction of sp³-hybridized carbons (Fsp3) is 0.0625. The van der Waals surface area contributed by atoms with Gasteiger partial charge in [0.1, 0.15) is 11.7 Å². The van der Waals surface area contributed by atoms with E-state index < -0.39 is 29.1 Å². The van der Waals surface area contributed by atoms with Gasteiger partial charge in [-0.2, -0.15) is 0 Å². The molecule has 1 unspecified atom stereocenters. The quantitative estimate of drug-likeness (QED) is 0.590. The third-order valence-electron chi connectivity index (χ3n) is 3.40. The summed E-state index contributed by atoms with van der Waals surface area (Å²) in [5.74, 6) is -4.19. The van der Waals surface area contributed by atoms with E-state index in [0.29, 0.717) is 0 Å². The Hall–Kier alpha value is -2.62. The summed E-state index contributed by atoms with van der Waals surface area (Å²) < 4.78 is 13.8. The van der Waals surface area contributed by atoms with Crippen LogP contribution in [-0.4, -0.2) is 17.3 Å². The number of fused-ring (bicyclic) bond motifs is 1. The molecule has 0 spiro atoms. The van der Waals surface area contributed by atoms with Crippen molar-refractivity contribution in [3.63, 3.8) is 0 Å². The van der Waals surface area contributed by atoms with Crippen molar-refractivity contribution >= 4 is 17.3 Å². The molecule has 0 fully saturated rings. The van der Waals surface area contributed by atoms with Gasteiger partial charge in [0.05, 0.1) is 0 Å². The smallest absolute Gasteiger partial charge is 0.230 e. The third-order valence-corrected chi connectivity index (χ3v) is 3.40. The summed E-state index contributed by atoms with van der Waals surface area (Å²) in [5.41, 5.74) is 0.214. The fourth-order valence-corrected chi connectivity index (χ4v) is 2.43. The molecule has 4 heteroatoms. The van der Waals surface area contributed by atoms with Crippen molar-refractivity contribution in [1.29, 1.82) is 0 Å². The zero-order valence-electron chi connectivity index (χ0n) is 10.3. The minimum atomic E-state index is -1.38. The lowest BCUT2D eigenvalue weighted by atomic mass is 9.77. The Bertz CT molecular complexity index is 749. The molecule has 2 aromatic rings. The molecule has 20 heavy (non-hydrogen) atoms. The monoisotopic (exact) mass is 268 g/mol. The average molecular weight is 268 g/mol. The number of ketones is 3. The summed E-state index contributed by atoms with van der Waals surface area (Å²) in [6.07, 6.45) is 0. The molecule has 0 saturated carbocycles. The van der Waals surface area contributed by atoms with Crippen molar-refractivity contribution < 1.29 is 18.8 Å². The van der Waals surface area contributed by atoms with Crippen LogP contribution in [0, 0.1) is 5.82 Å². The first-order valence-electron chi connectivity index (χ1n) is 6.07. The van der Waals surface area contributed by atoms with Crippen LogP contribution in [0.15, 0.2) is 48.5 Å². The molecule has 2 aromatic carbocycles. The Kier molecular flexibility index (Phi) is 2.79. The van der Waals surface area contributed by atoms with Crippen molar-refractivity contribution in [3.05, 3.63) is 71.0 Å². The second kappa shape index (κ2) is 4.49. The highest BCUT2D eigenvalue weighted by molar-refractivity contribution is 6.53. The Labute approximate surface area is 114 Å². The molecule has 3 rings (SSSR count). The van der Waals surface area contributed by atoms with Crippen LogP contribution in [0.2, 0.25) is 0 Å². The number of carbonyl (C=O) groups is 3. The number of hydrogen-bond donors (Lipinski definition) is 0. The minimum Gasteiger partial charge on any atom is -0.293 e. The van der Waals surface area contributed by atoms with Crippen molar-refractivity contribution in [3.8, 4) is 0 Å². The summed E-state index contributed by atoms with van der Waals surface area (Å²) >= 11 is 0. The molecular formula is C16H9FO3. The van der Waals surface area contributed by atoms with Crippen LogP contribution in [0.4, 0.5) is 4.39 Å². The van der Waals surface area contributed by atoms with Gasteiger partial charge in [0.25, 0.3) is 0 Å². The topological polar surface area (TPSA) is 51.2 Å². The van der Waals surface area contributed by atoms with Crippen LogP contribution in [-0.2, 0) is 4.79 Å². The van der Waals surface area contributed by atoms with Gasteiger partial charge in [0.15, 0.2) is 5.78 Å². The summed E-state index contributed by atoms with van der Waals surface area (Å²) in [4.78, 5) is 36.5. The molecule has 1 aliphatic carbocycles. The highest BCUT2D eigenvalue weighted by atomic mass is 19.1. The molecule has 0 bridgehead atoms. The predicted octanol–water partition coefficient (Wildman–Crippen LogP) is 2.56. The first-order valence-corrected chi connectivity index (χ1v) is 6.07. The fourth-order valence-electron chi connectivity index (χ4n) is 2.43. The van der Waals surface area contributed by atoms with Gasteiger partial charge < -0.3 is 0 Å². The maximum Gasteiger partial charge on any atom is 0.230 e. The van der Waals surface area contributed by atoms with E-state index in [1.807, 2.05) is 0 Å². The largest absolute Gasteiger partial charge is 0.293 e. The van der Waals surface area contributed by atoms with Gasteiger partial charge in [0.2, 0.25) is 11.6 Å². The normalized spacial score (nSPS) is 18.1. The molecule has 0 heterocycles. The molecule has 0 radical (unpaired) electrons. The molecular weight excluding hydrogens is 259 g/mol.